The lowest BCUT2D eigenvalue weighted by molar-refractivity contribution is -0.141. The number of amides is 1. The molecular weight excluding hydrogens is 174 g/mol. The van der Waals surface area contributed by atoms with Crippen LogP contribution in [0.15, 0.2) is 0 Å². The number of carboxylic acids is 1. The summed E-state index contributed by atoms with van der Waals surface area (Å²) in [7, 11) is 0. The highest BCUT2D eigenvalue weighted by atomic mass is 16.5. The SMILES string of the molecule is C[C@@H](NC(=O)[C@@H]1CCOC1)C(=O)O. The molecule has 2 N–H and O–H groups in total. The molecule has 1 aliphatic heterocycles. The van der Waals surface area contributed by atoms with Gasteiger partial charge in [0.25, 0.3) is 0 Å². The van der Waals surface area contributed by atoms with Crippen molar-refractivity contribution < 1.29 is 19.4 Å². The van der Waals surface area contributed by atoms with Gasteiger partial charge in [0.2, 0.25) is 5.91 Å². The molecule has 0 bridgehead atoms. The number of carboxylic acid groups (broad SMARTS) is 1. The third-order valence-electron chi connectivity index (χ3n) is 2.03. The molecule has 1 fully saturated rings. The number of nitrogens with one attached hydrogen (secondary N) is 1. The van der Waals surface area contributed by atoms with Crippen molar-refractivity contribution in [2.45, 2.75) is 19.4 Å². The van der Waals surface area contributed by atoms with Gasteiger partial charge in [-0.3, -0.25) is 9.59 Å². The number of carbonyl (C=O) groups excluding carboxylic acids is 1. The minimum atomic E-state index is -1.02. The molecule has 0 saturated carbocycles. The van der Waals surface area contributed by atoms with Gasteiger partial charge in [-0.1, -0.05) is 0 Å². The van der Waals surface area contributed by atoms with Gasteiger partial charge in [0.1, 0.15) is 6.04 Å². The van der Waals surface area contributed by atoms with Crippen LogP contribution in [0.4, 0.5) is 0 Å². The maximum absolute atomic E-state index is 11.3. The van der Waals surface area contributed by atoms with Gasteiger partial charge in [0.05, 0.1) is 12.5 Å². The summed E-state index contributed by atoms with van der Waals surface area (Å²) in [5.74, 6) is -1.43. The van der Waals surface area contributed by atoms with Crippen molar-refractivity contribution in [2.75, 3.05) is 13.2 Å². The number of hydrogen-bond donors (Lipinski definition) is 2. The van der Waals surface area contributed by atoms with Crippen LogP contribution in [0, 0.1) is 5.92 Å². The zero-order valence-corrected chi connectivity index (χ0v) is 7.45. The zero-order valence-electron chi connectivity index (χ0n) is 7.45. The minimum Gasteiger partial charge on any atom is -0.480 e. The first-order chi connectivity index (χ1) is 6.11. The summed E-state index contributed by atoms with van der Waals surface area (Å²) in [5, 5.41) is 10.9. The Bertz CT molecular complexity index is 210. The van der Waals surface area contributed by atoms with Crippen LogP contribution in [0.25, 0.3) is 0 Å². The fourth-order valence-electron chi connectivity index (χ4n) is 1.13. The predicted octanol–water partition coefficient (Wildman–Crippen LogP) is -0.388. The highest BCUT2D eigenvalue weighted by Gasteiger charge is 2.25. The second-order valence-corrected chi connectivity index (χ2v) is 3.13. The molecule has 74 valence electrons. The van der Waals surface area contributed by atoms with E-state index in [9.17, 15) is 9.59 Å². The molecule has 0 spiro atoms. The van der Waals surface area contributed by atoms with E-state index in [1.54, 1.807) is 0 Å². The molecule has 1 saturated heterocycles. The first-order valence-electron chi connectivity index (χ1n) is 4.22. The molecule has 1 aliphatic rings. The molecule has 0 aromatic heterocycles. The van der Waals surface area contributed by atoms with E-state index < -0.39 is 12.0 Å². The average Bonchev–Trinajstić information content (AvgIpc) is 2.55. The summed E-state index contributed by atoms with van der Waals surface area (Å²) in [6, 6.07) is -0.826. The molecule has 0 unspecified atom stereocenters. The maximum atomic E-state index is 11.3. The van der Waals surface area contributed by atoms with Crippen LogP contribution in [-0.2, 0) is 14.3 Å². The number of carbonyl (C=O) groups is 2. The highest BCUT2D eigenvalue weighted by Crippen LogP contribution is 2.12. The molecular formula is C8H13NO4. The normalized spacial score (nSPS) is 23.9. The number of aliphatic carboxylic acids is 1. The van der Waals surface area contributed by atoms with Crippen molar-refractivity contribution in [2.24, 2.45) is 5.92 Å². The van der Waals surface area contributed by atoms with Crippen molar-refractivity contribution in [3.63, 3.8) is 0 Å². The Morgan fingerprint density at radius 1 is 1.62 bits per heavy atom. The first-order valence-corrected chi connectivity index (χ1v) is 4.22. The van der Waals surface area contributed by atoms with Crippen molar-refractivity contribution >= 4 is 11.9 Å². The smallest absolute Gasteiger partial charge is 0.325 e. The molecule has 1 rings (SSSR count). The highest BCUT2D eigenvalue weighted by molar-refractivity contribution is 5.84. The number of rotatable bonds is 3. The van der Waals surface area contributed by atoms with E-state index in [0.717, 1.165) is 0 Å². The van der Waals surface area contributed by atoms with E-state index >= 15 is 0 Å². The van der Waals surface area contributed by atoms with Crippen molar-refractivity contribution in [3.8, 4) is 0 Å². The Labute approximate surface area is 76.1 Å². The standard InChI is InChI=1S/C8H13NO4/c1-5(8(11)12)9-7(10)6-2-3-13-4-6/h5-6H,2-4H2,1H3,(H,9,10)(H,11,12)/t5-,6-/m1/s1. The third kappa shape index (κ3) is 2.69. The van der Waals surface area contributed by atoms with E-state index in [0.29, 0.717) is 19.6 Å². The largest absolute Gasteiger partial charge is 0.480 e. The lowest BCUT2D eigenvalue weighted by Gasteiger charge is -2.12. The lowest BCUT2D eigenvalue weighted by atomic mass is 10.1. The summed E-state index contributed by atoms with van der Waals surface area (Å²) in [6.45, 7) is 2.42. The van der Waals surface area contributed by atoms with E-state index in [4.69, 9.17) is 9.84 Å². The van der Waals surface area contributed by atoms with Gasteiger partial charge in [-0.05, 0) is 13.3 Å². The minimum absolute atomic E-state index is 0.179. The predicted molar refractivity (Wildman–Crippen MR) is 44.2 cm³/mol. The van der Waals surface area contributed by atoms with Gasteiger partial charge >= 0.3 is 5.97 Å². The van der Waals surface area contributed by atoms with Gasteiger partial charge in [0.15, 0.2) is 0 Å². The van der Waals surface area contributed by atoms with Crippen molar-refractivity contribution in [1.82, 2.24) is 5.32 Å². The van der Waals surface area contributed by atoms with Crippen LogP contribution >= 0.6 is 0 Å². The van der Waals surface area contributed by atoms with Crippen LogP contribution in [0.1, 0.15) is 13.3 Å². The fourth-order valence-corrected chi connectivity index (χ4v) is 1.13. The van der Waals surface area contributed by atoms with E-state index in [-0.39, 0.29) is 11.8 Å². The Hall–Kier alpha value is -1.10. The number of ether oxygens (including phenoxy) is 1. The molecule has 5 nitrogen and oxygen atoms in total. The van der Waals surface area contributed by atoms with Crippen LogP contribution in [0.5, 0.6) is 0 Å². The molecule has 1 heterocycles. The Kier molecular flexibility index (Phi) is 3.25. The van der Waals surface area contributed by atoms with Crippen LogP contribution in [0.2, 0.25) is 0 Å². The summed E-state index contributed by atoms with van der Waals surface area (Å²) in [5.41, 5.74) is 0. The van der Waals surface area contributed by atoms with Gasteiger partial charge in [-0.25, -0.2) is 0 Å². The molecule has 1 amide bonds. The van der Waals surface area contributed by atoms with Gasteiger partial charge in [-0.2, -0.15) is 0 Å². The molecule has 0 radical (unpaired) electrons. The Morgan fingerprint density at radius 3 is 2.77 bits per heavy atom. The Morgan fingerprint density at radius 2 is 2.31 bits per heavy atom. The summed E-state index contributed by atoms with van der Waals surface area (Å²) < 4.78 is 5.01. The molecule has 0 aliphatic carbocycles. The molecule has 0 aromatic rings. The first kappa shape index (κ1) is 9.98. The monoisotopic (exact) mass is 187 g/mol. The van der Waals surface area contributed by atoms with Crippen LogP contribution in [-0.4, -0.2) is 36.2 Å². The van der Waals surface area contributed by atoms with Crippen LogP contribution < -0.4 is 5.32 Å². The van der Waals surface area contributed by atoms with Crippen LogP contribution in [0.3, 0.4) is 0 Å². The number of hydrogen-bond acceptors (Lipinski definition) is 3. The van der Waals surface area contributed by atoms with Gasteiger partial charge < -0.3 is 15.2 Å². The second-order valence-electron chi connectivity index (χ2n) is 3.13. The molecule has 2 atom stereocenters. The van der Waals surface area contributed by atoms with E-state index in [1.807, 2.05) is 0 Å². The third-order valence-corrected chi connectivity index (χ3v) is 2.03. The van der Waals surface area contributed by atoms with E-state index in [2.05, 4.69) is 5.32 Å². The zero-order chi connectivity index (χ0) is 9.84. The fraction of sp³-hybridized carbons (Fsp3) is 0.750. The topological polar surface area (TPSA) is 75.6 Å². The summed E-state index contributed by atoms with van der Waals surface area (Å²) >= 11 is 0. The van der Waals surface area contributed by atoms with Crippen molar-refractivity contribution in [1.29, 1.82) is 0 Å². The lowest BCUT2D eigenvalue weighted by Crippen LogP contribution is -2.41. The molecule has 5 heteroatoms. The average molecular weight is 187 g/mol. The maximum Gasteiger partial charge on any atom is 0.325 e. The molecule has 0 aromatic carbocycles. The van der Waals surface area contributed by atoms with Gasteiger partial charge in [0, 0.05) is 6.61 Å². The van der Waals surface area contributed by atoms with Crippen molar-refractivity contribution in [3.05, 3.63) is 0 Å². The molecule has 13 heavy (non-hydrogen) atoms. The summed E-state index contributed by atoms with van der Waals surface area (Å²) in [4.78, 5) is 21.7. The Balaban J connectivity index is 2.35. The van der Waals surface area contributed by atoms with Gasteiger partial charge in [-0.15, -0.1) is 0 Å². The second kappa shape index (κ2) is 4.23. The summed E-state index contributed by atoms with van der Waals surface area (Å²) in [6.07, 6.45) is 0.679. The van der Waals surface area contributed by atoms with E-state index in [1.165, 1.54) is 6.92 Å². The quantitative estimate of drug-likeness (QED) is 0.631.